The molecule has 0 heterocycles. The van der Waals surface area contributed by atoms with Gasteiger partial charge in [-0.1, -0.05) is 281 Å². The van der Waals surface area contributed by atoms with Crippen molar-refractivity contribution in [1.82, 2.24) is 0 Å². The van der Waals surface area contributed by atoms with Gasteiger partial charge in [0.1, 0.15) is 13.2 Å². The fraction of sp³-hybridized carbons (Fsp3) is 0.833. The van der Waals surface area contributed by atoms with Crippen molar-refractivity contribution in [1.29, 1.82) is 0 Å². The minimum atomic E-state index is -0.782. The van der Waals surface area contributed by atoms with Crippen LogP contribution in [0.1, 0.15) is 335 Å². The van der Waals surface area contributed by atoms with Crippen molar-refractivity contribution in [2.45, 2.75) is 341 Å². The Morgan fingerprint density at radius 2 is 0.500 bits per heavy atom. The molecular formula is C66H120O6. The van der Waals surface area contributed by atoms with Crippen molar-refractivity contribution in [3.8, 4) is 0 Å². The normalized spacial score (nSPS) is 12.3. The van der Waals surface area contributed by atoms with Crippen LogP contribution in [0.3, 0.4) is 0 Å². The number of ether oxygens (including phenoxy) is 3. The van der Waals surface area contributed by atoms with Crippen LogP contribution in [0.15, 0.2) is 48.6 Å². The molecule has 0 N–H and O–H groups in total. The van der Waals surface area contributed by atoms with E-state index in [0.29, 0.717) is 19.3 Å². The van der Waals surface area contributed by atoms with Crippen LogP contribution in [0, 0.1) is 0 Å². The molecule has 0 aromatic heterocycles. The van der Waals surface area contributed by atoms with Gasteiger partial charge in [-0.15, -0.1) is 0 Å². The lowest BCUT2D eigenvalue weighted by Gasteiger charge is -2.18. The Morgan fingerprint density at radius 3 is 0.819 bits per heavy atom. The molecule has 0 radical (unpaired) electrons. The van der Waals surface area contributed by atoms with Crippen LogP contribution in [0.5, 0.6) is 0 Å². The van der Waals surface area contributed by atoms with Crippen LogP contribution >= 0.6 is 0 Å². The largest absolute Gasteiger partial charge is 0.462 e. The maximum atomic E-state index is 12.9. The summed E-state index contributed by atoms with van der Waals surface area (Å²) in [5.41, 5.74) is 0. The molecule has 420 valence electrons. The van der Waals surface area contributed by atoms with E-state index in [1.807, 2.05) is 0 Å². The first-order valence-electron chi connectivity index (χ1n) is 31.6. The number of unbranched alkanes of at least 4 members (excludes halogenated alkanes) is 39. The Morgan fingerprint density at radius 1 is 0.278 bits per heavy atom. The molecule has 6 nitrogen and oxygen atoms in total. The fourth-order valence-corrected chi connectivity index (χ4v) is 9.27. The van der Waals surface area contributed by atoms with E-state index in [-0.39, 0.29) is 31.1 Å². The third-order valence-corrected chi connectivity index (χ3v) is 14.1. The van der Waals surface area contributed by atoms with Gasteiger partial charge < -0.3 is 14.2 Å². The van der Waals surface area contributed by atoms with Gasteiger partial charge >= 0.3 is 17.9 Å². The Balaban J connectivity index is 4.28. The van der Waals surface area contributed by atoms with E-state index in [1.165, 1.54) is 205 Å². The monoisotopic (exact) mass is 1010 g/mol. The summed E-state index contributed by atoms with van der Waals surface area (Å²) in [7, 11) is 0. The molecule has 0 fully saturated rings. The summed E-state index contributed by atoms with van der Waals surface area (Å²) in [6.07, 6.45) is 75.5. The highest BCUT2D eigenvalue weighted by Crippen LogP contribution is 2.17. The van der Waals surface area contributed by atoms with E-state index in [0.717, 1.165) is 89.9 Å². The summed E-state index contributed by atoms with van der Waals surface area (Å²) < 4.78 is 16.9. The van der Waals surface area contributed by atoms with Crippen molar-refractivity contribution < 1.29 is 28.6 Å². The Labute approximate surface area is 448 Å². The number of hydrogen-bond acceptors (Lipinski definition) is 6. The lowest BCUT2D eigenvalue weighted by molar-refractivity contribution is -0.167. The van der Waals surface area contributed by atoms with E-state index in [2.05, 4.69) is 69.4 Å². The molecule has 0 aliphatic heterocycles. The third kappa shape index (κ3) is 58.3. The van der Waals surface area contributed by atoms with Crippen molar-refractivity contribution in [2.75, 3.05) is 13.2 Å². The molecule has 0 bridgehead atoms. The van der Waals surface area contributed by atoms with E-state index in [4.69, 9.17) is 14.2 Å². The highest BCUT2D eigenvalue weighted by atomic mass is 16.6. The molecule has 0 rings (SSSR count). The molecule has 0 amide bonds. The van der Waals surface area contributed by atoms with Gasteiger partial charge in [0.25, 0.3) is 0 Å². The number of hydrogen-bond donors (Lipinski definition) is 0. The zero-order chi connectivity index (χ0) is 52.2. The molecule has 1 atom stereocenters. The first-order valence-corrected chi connectivity index (χ1v) is 31.6. The van der Waals surface area contributed by atoms with Gasteiger partial charge in [0.15, 0.2) is 6.10 Å². The summed E-state index contributed by atoms with van der Waals surface area (Å²) in [5.74, 6) is -0.882. The lowest BCUT2D eigenvalue weighted by Crippen LogP contribution is -2.30. The Kier molecular flexibility index (Phi) is 58.7. The summed E-state index contributed by atoms with van der Waals surface area (Å²) in [6.45, 7) is 6.62. The molecule has 0 aromatic rings. The molecule has 1 unspecified atom stereocenters. The molecule has 0 saturated carbocycles. The average molecular weight is 1010 g/mol. The van der Waals surface area contributed by atoms with Crippen LogP contribution in [0.4, 0.5) is 0 Å². The molecule has 0 aliphatic rings. The first kappa shape index (κ1) is 69.4. The number of rotatable bonds is 58. The molecule has 72 heavy (non-hydrogen) atoms. The molecule has 0 aromatic carbocycles. The van der Waals surface area contributed by atoms with Crippen LogP contribution in [-0.2, 0) is 28.6 Å². The summed E-state index contributed by atoms with van der Waals surface area (Å²) in [4.78, 5) is 38.2. The topological polar surface area (TPSA) is 78.9 Å². The van der Waals surface area contributed by atoms with E-state index < -0.39 is 6.10 Å². The third-order valence-electron chi connectivity index (χ3n) is 14.1. The number of carbonyl (C=O) groups is 3. The van der Waals surface area contributed by atoms with Crippen molar-refractivity contribution in [3.63, 3.8) is 0 Å². The number of carbonyl (C=O) groups excluding carboxylic acids is 3. The summed E-state index contributed by atoms with van der Waals surface area (Å²) in [6, 6.07) is 0. The first-order chi connectivity index (χ1) is 35.5. The van der Waals surface area contributed by atoms with E-state index in [9.17, 15) is 14.4 Å². The SMILES string of the molecule is CCCCC/C=C\C/C=C\C/C=C\CCCCCCCCC(=O)OC(COC(=O)CCCCCCC/C=C\CCCCC)COC(=O)CCCCCCCCCCCCCCCCCCCCCCCCC. The lowest BCUT2D eigenvalue weighted by atomic mass is 10.0. The summed E-state index contributed by atoms with van der Waals surface area (Å²) in [5, 5.41) is 0. The maximum Gasteiger partial charge on any atom is 0.306 e. The van der Waals surface area contributed by atoms with Gasteiger partial charge in [-0.25, -0.2) is 0 Å². The quantitative estimate of drug-likeness (QED) is 0.0261. The van der Waals surface area contributed by atoms with Crippen molar-refractivity contribution in [2.24, 2.45) is 0 Å². The second kappa shape index (κ2) is 60.9. The zero-order valence-electron chi connectivity index (χ0n) is 48.2. The standard InChI is InChI=1S/C66H120O6/c1-4-7-10-13-16-19-22-25-27-29-31-32-33-34-36-37-39-41-44-47-50-53-56-59-65(68)71-62-63(61-70-64(67)58-55-52-49-46-43-24-21-18-15-12-9-6-3)72-66(69)60-57-54-51-48-45-42-40-38-35-30-28-26-23-20-17-14-11-8-5-2/h17-18,20-21,26,28,35,38,63H,4-16,19,22-25,27,29-34,36-37,39-62H2,1-3H3/b20-17-,21-18-,28-26-,38-35-. The molecule has 0 saturated heterocycles. The predicted octanol–water partition coefficient (Wildman–Crippen LogP) is 21.4. The van der Waals surface area contributed by atoms with Gasteiger partial charge in [-0.2, -0.15) is 0 Å². The van der Waals surface area contributed by atoms with Gasteiger partial charge in [-0.3, -0.25) is 14.4 Å². The van der Waals surface area contributed by atoms with Crippen molar-refractivity contribution in [3.05, 3.63) is 48.6 Å². The van der Waals surface area contributed by atoms with Gasteiger partial charge in [0.05, 0.1) is 0 Å². The van der Waals surface area contributed by atoms with E-state index >= 15 is 0 Å². The molecule has 0 spiro atoms. The van der Waals surface area contributed by atoms with E-state index in [1.54, 1.807) is 0 Å². The smallest absolute Gasteiger partial charge is 0.306 e. The summed E-state index contributed by atoms with van der Waals surface area (Å²) >= 11 is 0. The second-order valence-electron chi connectivity index (χ2n) is 21.3. The maximum absolute atomic E-state index is 12.9. The fourth-order valence-electron chi connectivity index (χ4n) is 9.27. The van der Waals surface area contributed by atoms with Crippen molar-refractivity contribution >= 4 is 17.9 Å². The van der Waals surface area contributed by atoms with Crippen LogP contribution in [0.25, 0.3) is 0 Å². The molecular weight excluding hydrogens is 889 g/mol. The Hall–Kier alpha value is -2.63. The Bertz CT molecular complexity index is 1250. The van der Waals surface area contributed by atoms with Gasteiger partial charge in [0.2, 0.25) is 0 Å². The minimum Gasteiger partial charge on any atom is -0.462 e. The average Bonchev–Trinajstić information content (AvgIpc) is 3.38. The molecule has 0 aliphatic carbocycles. The highest BCUT2D eigenvalue weighted by molar-refractivity contribution is 5.71. The zero-order valence-corrected chi connectivity index (χ0v) is 48.2. The number of allylic oxidation sites excluding steroid dienone is 8. The number of esters is 3. The van der Waals surface area contributed by atoms with Gasteiger partial charge in [0, 0.05) is 19.3 Å². The second-order valence-corrected chi connectivity index (χ2v) is 21.3. The van der Waals surface area contributed by atoms with Crippen LogP contribution < -0.4 is 0 Å². The van der Waals surface area contributed by atoms with Crippen LogP contribution in [-0.4, -0.2) is 37.2 Å². The van der Waals surface area contributed by atoms with Crippen LogP contribution in [0.2, 0.25) is 0 Å². The van der Waals surface area contributed by atoms with Gasteiger partial charge in [-0.05, 0) is 83.5 Å². The molecule has 6 heteroatoms. The minimum absolute atomic E-state index is 0.0778. The highest BCUT2D eigenvalue weighted by Gasteiger charge is 2.19. The predicted molar refractivity (Wildman–Crippen MR) is 312 cm³/mol.